The number of hydrogen-bond donors (Lipinski definition) is 1. The molecule has 1 aliphatic rings. The molecule has 0 aliphatic carbocycles. The Morgan fingerprint density at radius 2 is 2.56 bits per heavy atom. The van der Waals surface area contributed by atoms with Crippen LogP contribution in [-0.2, 0) is 9.47 Å². The number of nitrogens with zero attached hydrogens (tertiary/aromatic N) is 2. The number of carbonyl (C=O) groups excluding carboxylic acids is 1. The van der Waals surface area contributed by atoms with Crippen molar-refractivity contribution in [3.63, 3.8) is 0 Å². The lowest BCUT2D eigenvalue weighted by atomic mass is 10.2. The second kappa shape index (κ2) is 7.13. The van der Waals surface area contributed by atoms with Gasteiger partial charge in [0.15, 0.2) is 0 Å². The molecule has 0 bridgehead atoms. The van der Waals surface area contributed by atoms with Crippen molar-refractivity contribution < 1.29 is 14.3 Å². The SMILES string of the molecule is O=C(NCCCOCC1CCCO1)n1ccnc1. The maximum atomic E-state index is 11.5. The zero-order valence-electron chi connectivity index (χ0n) is 10.4. The van der Waals surface area contributed by atoms with Gasteiger partial charge in [-0.15, -0.1) is 0 Å². The van der Waals surface area contributed by atoms with E-state index < -0.39 is 0 Å². The van der Waals surface area contributed by atoms with Gasteiger partial charge in [0.2, 0.25) is 0 Å². The average molecular weight is 253 g/mol. The van der Waals surface area contributed by atoms with Crippen LogP contribution < -0.4 is 5.32 Å². The van der Waals surface area contributed by atoms with Crippen LogP contribution in [0, 0.1) is 0 Å². The summed E-state index contributed by atoms with van der Waals surface area (Å²) in [5.41, 5.74) is 0. The van der Waals surface area contributed by atoms with Crippen molar-refractivity contribution >= 4 is 6.03 Å². The Hall–Kier alpha value is -1.40. The molecule has 1 N–H and O–H groups in total. The lowest BCUT2D eigenvalue weighted by molar-refractivity contribution is 0.0168. The second-order valence-corrected chi connectivity index (χ2v) is 4.27. The Balaban J connectivity index is 1.47. The molecule has 1 unspecified atom stereocenters. The van der Waals surface area contributed by atoms with Gasteiger partial charge in [0, 0.05) is 32.2 Å². The molecule has 0 aromatic carbocycles. The van der Waals surface area contributed by atoms with Crippen LogP contribution in [0.5, 0.6) is 0 Å². The topological polar surface area (TPSA) is 65.4 Å². The fourth-order valence-electron chi connectivity index (χ4n) is 1.83. The molecule has 1 aromatic rings. The van der Waals surface area contributed by atoms with Crippen molar-refractivity contribution in [2.45, 2.75) is 25.4 Å². The summed E-state index contributed by atoms with van der Waals surface area (Å²) in [6.45, 7) is 2.76. The highest BCUT2D eigenvalue weighted by Gasteiger charge is 2.14. The number of hydrogen-bond acceptors (Lipinski definition) is 4. The molecule has 1 atom stereocenters. The molecule has 1 amide bonds. The first kappa shape index (κ1) is 13.0. The highest BCUT2D eigenvalue weighted by molar-refractivity contribution is 5.76. The van der Waals surface area contributed by atoms with E-state index in [2.05, 4.69) is 10.3 Å². The van der Waals surface area contributed by atoms with Gasteiger partial charge in [0.25, 0.3) is 0 Å². The highest BCUT2D eigenvalue weighted by atomic mass is 16.5. The lowest BCUT2D eigenvalue weighted by Crippen LogP contribution is -2.29. The van der Waals surface area contributed by atoms with E-state index in [1.807, 2.05) is 0 Å². The monoisotopic (exact) mass is 253 g/mol. The van der Waals surface area contributed by atoms with Gasteiger partial charge in [-0.2, -0.15) is 0 Å². The molecule has 0 radical (unpaired) electrons. The van der Waals surface area contributed by atoms with Crippen molar-refractivity contribution in [2.24, 2.45) is 0 Å². The van der Waals surface area contributed by atoms with E-state index in [0.717, 1.165) is 25.9 Å². The van der Waals surface area contributed by atoms with E-state index in [0.29, 0.717) is 19.8 Å². The Morgan fingerprint density at radius 1 is 1.61 bits per heavy atom. The van der Waals surface area contributed by atoms with Gasteiger partial charge in [-0.3, -0.25) is 4.57 Å². The number of nitrogens with one attached hydrogen (secondary N) is 1. The van der Waals surface area contributed by atoms with Crippen LogP contribution in [0.2, 0.25) is 0 Å². The molecule has 1 aliphatic heterocycles. The second-order valence-electron chi connectivity index (χ2n) is 4.27. The van der Waals surface area contributed by atoms with Crippen molar-refractivity contribution in [2.75, 3.05) is 26.4 Å². The summed E-state index contributed by atoms with van der Waals surface area (Å²) in [6, 6.07) is -0.161. The smallest absolute Gasteiger partial charge is 0.326 e. The van der Waals surface area contributed by atoms with E-state index in [4.69, 9.17) is 9.47 Å². The summed E-state index contributed by atoms with van der Waals surface area (Å²) < 4.78 is 12.3. The van der Waals surface area contributed by atoms with Crippen LogP contribution >= 0.6 is 0 Å². The molecule has 100 valence electrons. The van der Waals surface area contributed by atoms with Crippen LogP contribution in [0.3, 0.4) is 0 Å². The third-order valence-corrected chi connectivity index (χ3v) is 2.81. The molecule has 1 aromatic heterocycles. The number of carbonyl (C=O) groups is 1. The van der Waals surface area contributed by atoms with Crippen molar-refractivity contribution in [1.29, 1.82) is 0 Å². The molecular formula is C12H19N3O3. The van der Waals surface area contributed by atoms with Crippen LogP contribution in [0.1, 0.15) is 19.3 Å². The van der Waals surface area contributed by atoms with Crippen LogP contribution in [0.25, 0.3) is 0 Å². The van der Waals surface area contributed by atoms with Gasteiger partial charge in [-0.25, -0.2) is 9.78 Å². The first-order valence-electron chi connectivity index (χ1n) is 6.32. The van der Waals surface area contributed by atoms with Crippen LogP contribution in [0.4, 0.5) is 4.79 Å². The molecule has 0 spiro atoms. The molecule has 1 fully saturated rings. The van der Waals surface area contributed by atoms with E-state index in [1.54, 1.807) is 12.4 Å². The highest BCUT2D eigenvalue weighted by Crippen LogP contribution is 2.11. The molecule has 0 saturated carbocycles. The lowest BCUT2D eigenvalue weighted by Gasteiger charge is -2.10. The molecule has 18 heavy (non-hydrogen) atoms. The normalized spacial score (nSPS) is 19.0. The first-order chi connectivity index (χ1) is 8.86. The van der Waals surface area contributed by atoms with Gasteiger partial charge >= 0.3 is 6.03 Å². The number of amides is 1. The van der Waals surface area contributed by atoms with Gasteiger partial charge < -0.3 is 14.8 Å². The quantitative estimate of drug-likeness (QED) is 0.769. The number of rotatable bonds is 6. The minimum Gasteiger partial charge on any atom is -0.379 e. The number of aromatic nitrogens is 2. The minimum absolute atomic E-state index is 0.161. The number of ether oxygens (including phenoxy) is 2. The third-order valence-electron chi connectivity index (χ3n) is 2.81. The maximum Gasteiger partial charge on any atom is 0.326 e. The van der Waals surface area contributed by atoms with E-state index in [-0.39, 0.29) is 12.1 Å². The molecule has 6 heteroatoms. The fourth-order valence-corrected chi connectivity index (χ4v) is 1.83. The van der Waals surface area contributed by atoms with E-state index in [1.165, 1.54) is 10.9 Å². The Morgan fingerprint density at radius 3 is 3.28 bits per heavy atom. The molecule has 2 heterocycles. The fraction of sp³-hybridized carbons (Fsp3) is 0.667. The molecule has 1 saturated heterocycles. The Kier molecular flexibility index (Phi) is 5.16. The average Bonchev–Trinajstić information content (AvgIpc) is 3.05. The third kappa shape index (κ3) is 4.12. The van der Waals surface area contributed by atoms with Crippen molar-refractivity contribution in [1.82, 2.24) is 14.9 Å². The zero-order chi connectivity index (χ0) is 12.6. The largest absolute Gasteiger partial charge is 0.379 e. The Labute approximate surface area is 106 Å². The predicted molar refractivity (Wildman–Crippen MR) is 65.4 cm³/mol. The number of imidazole rings is 1. The summed E-state index contributed by atoms with van der Waals surface area (Å²) >= 11 is 0. The van der Waals surface area contributed by atoms with Gasteiger partial charge in [0.1, 0.15) is 6.33 Å². The van der Waals surface area contributed by atoms with E-state index >= 15 is 0 Å². The summed E-state index contributed by atoms with van der Waals surface area (Å²) in [4.78, 5) is 15.3. The predicted octanol–water partition coefficient (Wildman–Crippen LogP) is 1.03. The molecule has 6 nitrogen and oxygen atoms in total. The minimum atomic E-state index is -0.161. The summed E-state index contributed by atoms with van der Waals surface area (Å²) in [5.74, 6) is 0. The first-order valence-corrected chi connectivity index (χ1v) is 6.32. The Bertz CT molecular complexity index is 347. The van der Waals surface area contributed by atoms with Gasteiger partial charge in [-0.1, -0.05) is 0 Å². The molecular weight excluding hydrogens is 234 g/mol. The van der Waals surface area contributed by atoms with Gasteiger partial charge in [0.05, 0.1) is 12.7 Å². The summed E-state index contributed by atoms with van der Waals surface area (Å²) in [7, 11) is 0. The van der Waals surface area contributed by atoms with Crippen molar-refractivity contribution in [3.05, 3.63) is 18.7 Å². The van der Waals surface area contributed by atoms with Gasteiger partial charge in [-0.05, 0) is 19.3 Å². The summed E-state index contributed by atoms with van der Waals surface area (Å²) in [6.07, 6.45) is 7.96. The zero-order valence-corrected chi connectivity index (χ0v) is 10.4. The van der Waals surface area contributed by atoms with Crippen LogP contribution in [0.15, 0.2) is 18.7 Å². The van der Waals surface area contributed by atoms with E-state index in [9.17, 15) is 4.79 Å². The summed E-state index contributed by atoms with van der Waals surface area (Å²) in [5, 5.41) is 2.79. The van der Waals surface area contributed by atoms with Crippen molar-refractivity contribution in [3.8, 4) is 0 Å². The maximum absolute atomic E-state index is 11.5. The standard InChI is InChI=1S/C12H19N3O3/c16-12(15-6-5-13-10-15)14-4-2-7-17-9-11-3-1-8-18-11/h5-6,10-11H,1-4,7-9H2,(H,14,16). The molecule has 2 rings (SSSR count). The van der Waals surface area contributed by atoms with Crippen LogP contribution in [-0.4, -0.2) is 48.1 Å².